The molecule has 0 fully saturated rings. The summed E-state index contributed by atoms with van der Waals surface area (Å²) in [6.07, 6.45) is 1.89. The summed E-state index contributed by atoms with van der Waals surface area (Å²) in [5.41, 5.74) is 4.59. The van der Waals surface area contributed by atoms with Crippen LogP contribution in [0.1, 0.15) is 42.9 Å². The molecule has 0 amide bonds. The molecule has 2 rings (SSSR count). The first-order valence-electron chi connectivity index (χ1n) is 5.10. The maximum absolute atomic E-state index is 8.88. The van der Waals surface area contributed by atoms with E-state index in [1.807, 2.05) is 0 Å². The Morgan fingerprint density at radius 2 is 2.29 bits per heavy atom. The van der Waals surface area contributed by atoms with Gasteiger partial charge in [-0.15, -0.1) is 0 Å². The molecule has 0 radical (unpaired) electrons. The van der Waals surface area contributed by atoms with Crippen molar-refractivity contribution in [1.82, 2.24) is 0 Å². The molecule has 0 bridgehead atoms. The van der Waals surface area contributed by atoms with Gasteiger partial charge in [-0.1, -0.05) is 31.1 Å². The van der Waals surface area contributed by atoms with Crippen molar-refractivity contribution in [3.05, 3.63) is 34.9 Å². The molecule has 1 aromatic carbocycles. The highest BCUT2D eigenvalue weighted by Gasteiger charge is 2.24. The number of fused-ring (bicyclic) bond motifs is 1. The Morgan fingerprint density at radius 1 is 1.50 bits per heavy atom. The predicted octanol–water partition coefficient (Wildman–Crippen LogP) is 2.93. The van der Waals surface area contributed by atoms with E-state index in [2.05, 4.69) is 37.2 Å². The smallest absolute Gasteiger partial charge is 0.0876 e. The molecular formula is C12H15NO. The van der Waals surface area contributed by atoms with Gasteiger partial charge in [0.25, 0.3) is 0 Å². The van der Waals surface area contributed by atoms with Crippen LogP contribution in [0.4, 0.5) is 0 Å². The molecule has 74 valence electrons. The van der Waals surface area contributed by atoms with Crippen molar-refractivity contribution in [2.75, 3.05) is 0 Å². The van der Waals surface area contributed by atoms with E-state index < -0.39 is 0 Å². The molecule has 0 heterocycles. The summed E-state index contributed by atoms with van der Waals surface area (Å²) in [5, 5.41) is 12.3. The van der Waals surface area contributed by atoms with E-state index in [0.717, 1.165) is 24.1 Å². The Morgan fingerprint density at radius 3 is 2.93 bits per heavy atom. The van der Waals surface area contributed by atoms with Crippen LogP contribution < -0.4 is 0 Å². The van der Waals surface area contributed by atoms with Crippen LogP contribution >= 0.6 is 0 Å². The number of aryl methyl sites for hydroxylation is 1. The maximum atomic E-state index is 8.88. The predicted molar refractivity (Wildman–Crippen MR) is 57.2 cm³/mol. The lowest BCUT2D eigenvalue weighted by molar-refractivity contribution is 0.318. The molecule has 0 aliphatic heterocycles. The maximum Gasteiger partial charge on any atom is 0.0876 e. The van der Waals surface area contributed by atoms with Gasteiger partial charge < -0.3 is 5.21 Å². The molecule has 0 spiro atoms. The van der Waals surface area contributed by atoms with E-state index in [9.17, 15) is 0 Å². The molecule has 1 atom stereocenters. The summed E-state index contributed by atoms with van der Waals surface area (Å²) in [6, 6.07) is 6.47. The zero-order valence-electron chi connectivity index (χ0n) is 8.62. The third kappa shape index (κ3) is 1.31. The van der Waals surface area contributed by atoms with E-state index in [0.29, 0.717) is 5.92 Å². The van der Waals surface area contributed by atoms with Crippen molar-refractivity contribution in [3.63, 3.8) is 0 Å². The minimum Gasteiger partial charge on any atom is -0.411 e. The Labute approximate surface area is 84.3 Å². The fourth-order valence-corrected chi connectivity index (χ4v) is 2.11. The summed E-state index contributed by atoms with van der Waals surface area (Å²) in [6.45, 7) is 4.30. The standard InChI is InChI=1S/C12H15NO/c1-3-9-4-5-10-8(2)6-12(13-14)11(10)7-9/h4-5,7-8,14H,3,6H2,1-2H3/b13-12+. The second-order valence-corrected chi connectivity index (χ2v) is 3.93. The lowest BCUT2D eigenvalue weighted by Crippen LogP contribution is -1.95. The normalized spacial score (nSPS) is 22.7. The van der Waals surface area contributed by atoms with Gasteiger partial charge in [0.2, 0.25) is 0 Å². The molecule has 14 heavy (non-hydrogen) atoms. The van der Waals surface area contributed by atoms with Crippen molar-refractivity contribution in [1.29, 1.82) is 0 Å². The van der Waals surface area contributed by atoms with Crippen molar-refractivity contribution in [3.8, 4) is 0 Å². The van der Waals surface area contributed by atoms with Crippen molar-refractivity contribution >= 4 is 5.71 Å². The van der Waals surface area contributed by atoms with E-state index in [1.54, 1.807) is 0 Å². The molecule has 1 N–H and O–H groups in total. The average Bonchev–Trinajstić information content (AvgIpc) is 2.55. The van der Waals surface area contributed by atoms with Crippen LogP contribution in [0.25, 0.3) is 0 Å². The van der Waals surface area contributed by atoms with Crippen LogP contribution in [0, 0.1) is 0 Å². The summed E-state index contributed by atoms with van der Waals surface area (Å²) >= 11 is 0. The Balaban J connectivity index is 2.53. The summed E-state index contributed by atoms with van der Waals surface area (Å²) in [5.74, 6) is 0.488. The first-order valence-corrected chi connectivity index (χ1v) is 5.10. The zero-order valence-corrected chi connectivity index (χ0v) is 8.62. The highest BCUT2D eigenvalue weighted by molar-refractivity contribution is 6.05. The first kappa shape index (κ1) is 9.25. The highest BCUT2D eigenvalue weighted by atomic mass is 16.4. The van der Waals surface area contributed by atoms with Gasteiger partial charge in [-0.2, -0.15) is 0 Å². The number of hydrogen-bond acceptors (Lipinski definition) is 2. The van der Waals surface area contributed by atoms with Crippen molar-refractivity contribution in [2.45, 2.75) is 32.6 Å². The number of nitrogens with zero attached hydrogens (tertiary/aromatic N) is 1. The van der Waals surface area contributed by atoms with Gasteiger partial charge in [-0.05, 0) is 29.5 Å². The van der Waals surface area contributed by atoms with Gasteiger partial charge in [0, 0.05) is 12.0 Å². The van der Waals surface area contributed by atoms with Crippen LogP contribution in [-0.4, -0.2) is 10.9 Å². The average molecular weight is 189 g/mol. The van der Waals surface area contributed by atoms with E-state index in [-0.39, 0.29) is 0 Å². The summed E-state index contributed by atoms with van der Waals surface area (Å²) in [7, 11) is 0. The molecule has 1 aliphatic rings. The zero-order chi connectivity index (χ0) is 10.1. The van der Waals surface area contributed by atoms with Gasteiger partial charge in [-0.25, -0.2) is 0 Å². The lowest BCUT2D eigenvalue weighted by Gasteiger charge is -2.04. The largest absolute Gasteiger partial charge is 0.411 e. The second-order valence-electron chi connectivity index (χ2n) is 3.93. The van der Waals surface area contributed by atoms with Gasteiger partial charge in [-0.3, -0.25) is 0 Å². The summed E-state index contributed by atoms with van der Waals surface area (Å²) in [4.78, 5) is 0. The second kappa shape index (κ2) is 3.45. The molecule has 0 saturated heterocycles. The van der Waals surface area contributed by atoms with Crippen molar-refractivity contribution in [2.24, 2.45) is 5.16 Å². The Kier molecular flexibility index (Phi) is 2.28. The van der Waals surface area contributed by atoms with E-state index >= 15 is 0 Å². The topological polar surface area (TPSA) is 32.6 Å². The van der Waals surface area contributed by atoms with Crippen LogP contribution in [-0.2, 0) is 6.42 Å². The minimum atomic E-state index is 0.488. The van der Waals surface area contributed by atoms with Gasteiger partial charge in [0.15, 0.2) is 0 Å². The van der Waals surface area contributed by atoms with Gasteiger partial charge in [0.1, 0.15) is 0 Å². The Bertz CT molecular complexity index is 382. The summed E-state index contributed by atoms with van der Waals surface area (Å²) < 4.78 is 0. The fourth-order valence-electron chi connectivity index (χ4n) is 2.11. The molecular weight excluding hydrogens is 174 g/mol. The number of rotatable bonds is 1. The molecule has 1 aromatic rings. The number of hydrogen-bond donors (Lipinski definition) is 1. The minimum absolute atomic E-state index is 0.488. The molecule has 2 nitrogen and oxygen atoms in total. The molecule has 1 unspecified atom stereocenters. The SMILES string of the molecule is CCc1ccc2c(c1)/C(=N/O)CC2C. The third-order valence-corrected chi connectivity index (χ3v) is 2.99. The lowest BCUT2D eigenvalue weighted by atomic mass is 10.0. The van der Waals surface area contributed by atoms with E-state index in [4.69, 9.17) is 5.21 Å². The van der Waals surface area contributed by atoms with Gasteiger partial charge >= 0.3 is 0 Å². The van der Waals surface area contributed by atoms with Crippen LogP contribution in [0.5, 0.6) is 0 Å². The number of oxime groups is 1. The molecule has 0 aromatic heterocycles. The first-order chi connectivity index (χ1) is 6.76. The number of benzene rings is 1. The molecule has 2 heteroatoms. The fraction of sp³-hybridized carbons (Fsp3) is 0.417. The van der Waals surface area contributed by atoms with E-state index in [1.165, 1.54) is 11.1 Å². The third-order valence-electron chi connectivity index (χ3n) is 2.99. The van der Waals surface area contributed by atoms with Crippen LogP contribution in [0.3, 0.4) is 0 Å². The quantitative estimate of drug-likeness (QED) is 0.534. The monoisotopic (exact) mass is 189 g/mol. The molecule has 1 aliphatic carbocycles. The van der Waals surface area contributed by atoms with Gasteiger partial charge in [0.05, 0.1) is 5.71 Å². The van der Waals surface area contributed by atoms with Crippen LogP contribution in [0.2, 0.25) is 0 Å². The van der Waals surface area contributed by atoms with Crippen molar-refractivity contribution < 1.29 is 5.21 Å². The van der Waals surface area contributed by atoms with Crippen LogP contribution in [0.15, 0.2) is 23.4 Å². The molecule has 0 saturated carbocycles. The Hall–Kier alpha value is -1.31. The highest BCUT2D eigenvalue weighted by Crippen LogP contribution is 2.33.